The molecule has 1 aromatic heterocycles. The Labute approximate surface area is 135 Å². The number of nitrogens with one attached hydrogen (secondary N) is 1. The maximum atomic E-state index is 11.3. The Kier molecular flexibility index (Phi) is 5.05. The van der Waals surface area contributed by atoms with Crippen LogP contribution in [-0.4, -0.2) is 51.7 Å². The third-order valence-electron chi connectivity index (χ3n) is 4.19. The number of aliphatic carboxylic acids is 1. The van der Waals surface area contributed by atoms with Gasteiger partial charge in [-0.3, -0.25) is 9.69 Å². The van der Waals surface area contributed by atoms with E-state index in [0.717, 1.165) is 25.5 Å². The van der Waals surface area contributed by atoms with Crippen molar-refractivity contribution in [2.45, 2.75) is 13.1 Å². The van der Waals surface area contributed by atoms with Crippen LogP contribution in [-0.2, 0) is 17.9 Å². The molecular weight excluding hydrogens is 292 g/mol. The number of hydrogen-bond donors (Lipinski definition) is 2. The molecule has 122 valence electrons. The van der Waals surface area contributed by atoms with Crippen LogP contribution in [0.15, 0.2) is 42.7 Å². The van der Waals surface area contributed by atoms with Crippen LogP contribution >= 0.6 is 0 Å². The number of carboxylic acid groups (broad SMARTS) is 1. The van der Waals surface area contributed by atoms with E-state index in [9.17, 15) is 9.90 Å². The first kappa shape index (κ1) is 15.7. The molecule has 2 heterocycles. The van der Waals surface area contributed by atoms with Gasteiger partial charge >= 0.3 is 5.97 Å². The van der Waals surface area contributed by atoms with Gasteiger partial charge in [-0.15, -0.1) is 0 Å². The average Bonchev–Trinajstić information content (AvgIpc) is 2.83. The van der Waals surface area contributed by atoms with Gasteiger partial charge in [0.2, 0.25) is 0 Å². The van der Waals surface area contributed by atoms with Gasteiger partial charge in [0.05, 0.1) is 12.5 Å². The summed E-state index contributed by atoms with van der Waals surface area (Å²) < 4.78 is 2.13. The molecule has 3 rings (SSSR count). The lowest BCUT2D eigenvalue weighted by Crippen LogP contribution is -2.34. The van der Waals surface area contributed by atoms with Crippen molar-refractivity contribution in [3.63, 3.8) is 0 Å². The number of rotatable bonds is 5. The molecule has 0 aliphatic carbocycles. The monoisotopic (exact) mass is 314 g/mol. The molecule has 0 unspecified atom stereocenters. The standard InChI is InChI=1S/C17H22N4O2/c22-17(23)15-10-18-6-8-20(12-15)13-16-19-7-9-21(16)11-14-4-2-1-3-5-14/h1-5,7,9,15,18H,6,8,10-13H2,(H,22,23)/t15-/m0/s1. The van der Waals surface area contributed by atoms with Gasteiger partial charge in [-0.1, -0.05) is 30.3 Å². The number of carbonyl (C=O) groups is 1. The summed E-state index contributed by atoms with van der Waals surface area (Å²) in [6, 6.07) is 10.3. The minimum Gasteiger partial charge on any atom is -0.481 e. The second-order valence-corrected chi connectivity index (χ2v) is 5.93. The van der Waals surface area contributed by atoms with Crippen LogP contribution in [0.3, 0.4) is 0 Å². The van der Waals surface area contributed by atoms with Gasteiger partial charge in [0.15, 0.2) is 0 Å². The normalized spacial score (nSPS) is 19.4. The molecule has 0 amide bonds. The largest absolute Gasteiger partial charge is 0.481 e. The molecule has 0 bridgehead atoms. The van der Waals surface area contributed by atoms with E-state index in [-0.39, 0.29) is 5.92 Å². The van der Waals surface area contributed by atoms with Crippen molar-refractivity contribution in [3.8, 4) is 0 Å². The SMILES string of the molecule is O=C(O)[C@H]1CNCCN(Cc2nccn2Cc2ccccc2)C1. The predicted molar refractivity (Wildman–Crippen MR) is 87.0 cm³/mol. The van der Waals surface area contributed by atoms with Crippen molar-refractivity contribution in [2.75, 3.05) is 26.2 Å². The van der Waals surface area contributed by atoms with Crippen molar-refractivity contribution < 1.29 is 9.90 Å². The van der Waals surface area contributed by atoms with Crippen LogP contribution < -0.4 is 5.32 Å². The molecule has 1 aliphatic rings. The summed E-state index contributed by atoms with van der Waals surface area (Å²) in [4.78, 5) is 17.9. The molecule has 0 radical (unpaired) electrons. The molecule has 0 saturated carbocycles. The first-order chi connectivity index (χ1) is 11.2. The number of nitrogens with zero attached hydrogens (tertiary/aromatic N) is 3. The molecule has 23 heavy (non-hydrogen) atoms. The van der Waals surface area contributed by atoms with Crippen LogP contribution in [0, 0.1) is 5.92 Å². The van der Waals surface area contributed by atoms with Gasteiger partial charge in [0, 0.05) is 45.1 Å². The molecular formula is C17H22N4O2. The Morgan fingerprint density at radius 3 is 2.91 bits per heavy atom. The fourth-order valence-corrected chi connectivity index (χ4v) is 2.91. The van der Waals surface area contributed by atoms with Crippen LogP contribution in [0.4, 0.5) is 0 Å². The van der Waals surface area contributed by atoms with Crippen molar-refractivity contribution >= 4 is 5.97 Å². The summed E-state index contributed by atoms with van der Waals surface area (Å²) in [5.74, 6) is -0.132. The van der Waals surface area contributed by atoms with Gasteiger partial charge in [0.1, 0.15) is 5.82 Å². The second-order valence-electron chi connectivity index (χ2n) is 5.93. The van der Waals surface area contributed by atoms with Crippen LogP contribution in [0.5, 0.6) is 0 Å². The summed E-state index contributed by atoms with van der Waals surface area (Å²) in [5, 5.41) is 12.5. The Balaban J connectivity index is 1.68. The van der Waals surface area contributed by atoms with Crippen molar-refractivity contribution in [1.82, 2.24) is 19.8 Å². The molecule has 1 aromatic carbocycles. The minimum atomic E-state index is -0.739. The zero-order valence-electron chi connectivity index (χ0n) is 13.1. The summed E-state index contributed by atoms with van der Waals surface area (Å²) in [7, 11) is 0. The average molecular weight is 314 g/mol. The van der Waals surface area contributed by atoms with E-state index < -0.39 is 5.97 Å². The van der Waals surface area contributed by atoms with Gasteiger partial charge < -0.3 is 15.0 Å². The highest BCUT2D eigenvalue weighted by Gasteiger charge is 2.24. The second kappa shape index (κ2) is 7.39. The maximum Gasteiger partial charge on any atom is 0.309 e. The predicted octanol–water partition coefficient (Wildman–Crippen LogP) is 1.04. The van der Waals surface area contributed by atoms with E-state index >= 15 is 0 Å². The molecule has 6 nitrogen and oxygen atoms in total. The van der Waals surface area contributed by atoms with E-state index in [0.29, 0.717) is 19.6 Å². The van der Waals surface area contributed by atoms with E-state index in [1.54, 1.807) is 0 Å². The third-order valence-corrected chi connectivity index (χ3v) is 4.19. The lowest BCUT2D eigenvalue weighted by Gasteiger charge is -2.22. The zero-order valence-corrected chi connectivity index (χ0v) is 13.1. The van der Waals surface area contributed by atoms with Crippen LogP contribution in [0.2, 0.25) is 0 Å². The first-order valence-corrected chi connectivity index (χ1v) is 7.92. The molecule has 1 saturated heterocycles. The summed E-state index contributed by atoms with van der Waals surface area (Å²) in [6.45, 7) is 4.19. The van der Waals surface area contributed by atoms with E-state index in [1.165, 1.54) is 5.56 Å². The number of carboxylic acids is 1. The fourth-order valence-electron chi connectivity index (χ4n) is 2.91. The zero-order chi connectivity index (χ0) is 16.1. The molecule has 1 fully saturated rings. The number of benzene rings is 1. The third kappa shape index (κ3) is 4.18. The quantitative estimate of drug-likeness (QED) is 0.863. The smallest absolute Gasteiger partial charge is 0.309 e. The topological polar surface area (TPSA) is 70.4 Å². The first-order valence-electron chi connectivity index (χ1n) is 7.92. The van der Waals surface area contributed by atoms with Crippen molar-refractivity contribution in [3.05, 3.63) is 54.1 Å². The summed E-state index contributed by atoms with van der Waals surface area (Å²) in [5.41, 5.74) is 1.23. The van der Waals surface area contributed by atoms with Gasteiger partial charge in [-0.2, -0.15) is 0 Å². The van der Waals surface area contributed by atoms with Gasteiger partial charge in [-0.05, 0) is 5.56 Å². The lowest BCUT2D eigenvalue weighted by molar-refractivity contribution is -0.142. The molecule has 2 aromatic rings. The molecule has 0 spiro atoms. The molecule has 6 heteroatoms. The van der Waals surface area contributed by atoms with Crippen LogP contribution in [0.1, 0.15) is 11.4 Å². The molecule has 1 atom stereocenters. The van der Waals surface area contributed by atoms with Gasteiger partial charge in [-0.25, -0.2) is 4.98 Å². The maximum absolute atomic E-state index is 11.3. The van der Waals surface area contributed by atoms with Gasteiger partial charge in [0.25, 0.3) is 0 Å². The molecule has 1 aliphatic heterocycles. The molecule has 2 N–H and O–H groups in total. The fraction of sp³-hybridized carbons (Fsp3) is 0.412. The number of imidazole rings is 1. The summed E-state index contributed by atoms with van der Waals surface area (Å²) in [6.07, 6.45) is 3.79. The summed E-state index contributed by atoms with van der Waals surface area (Å²) >= 11 is 0. The number of hydrogen-bond acceptors (Lipinski definition) is 4. The van der Waals surface area contributed by atoms with E-state index in [4.69, 9.17) is 0 Å². The minimum absolute atomic E-state index is 0.366. The Morgan fingerprint density at radius 1 is 1.30 bits per heavy atom. The highest BCUT2D eigenvalue weighted by atomic mass is 16.4. The van der Waals surface area contributed by atoms with E-state index in [2.05, 4.69) is 31.9 Å². The Hall–Kier alpha value is -2.18. The van der Waals surface area contributed by atoms with Crippen molar-refractivity contribution in [2.24, 2.45) is 5.92 Å². The highest BCUT2D eigenvalue weighted by Crippen LogP contribution is 2.11. The van der Waals surface area contributed by atoms with Crippen LogP contribution in [0.25, 0.3) is 0 Å². The number of aromatic nitrogens is 2. The van der Waals surface area contributed by atoms with E-state index in [1.807, 2.05) is 30.6 Å². The highest BCUT2D eigenvalue weighted by molar-refractivity contribution is 5.70. The Morgan fingerprint density at radius 2 is 2.13 bits per heavy atom. The van der Waals surface area contributed by atoms with Crippen molar-refractivity contribution in [1.29, 1.82) is 0 Å². The lowest BCUT2D eigenvalue weighted by atomic mass is 10.1. The Bertz CT molecular complexity index is 641.